The van der Waals surface area contributed by atoms with Gasteiger partial charge in [-0.15, -0.1) is 5.10 Å². The Morgan fingerprint density at radius 2 is 2.20 bits per heavy atom. The third-order valence-corrected chi connectivity index (χ3v) is 2.35. The van der Waals surface area contributed by atoms with Crippen LogP contribution in [0.25, 0.3) is 0 Å². The van der Waals surface area contributed by atoms with E-state index in [-0.39, 0.29) is 26.5 Å². The molecule has 0 aliphatic heterocycles. The summed E-state index contributed by atoms with van der Waals surface area (Å²) in [5.41, 5.74) is -1.40. The van der Waals surface area contributed by atoms with Crippen molar-refractivity contribution < 1.29 is 14.2 Å². The molecule has 0 radical (unpaired) electrons. The second kappa shape index (κ2) is 6.21. The van der Waals surface area contributed by atoms with Crippen LogP contribution in [0.2, 0.25) is 0 Å². The molecule has 0 saturated heterocycles. The predicted octanol–water partition coefficient (Wildman–Crippen LogP) is -1.72. The van der Waals surface area contributed by atoms with Gasteiger partial charge in [0.15, 0.2) is 0 Å². The van der Waals surface area contributed by atoms with Crippen molar-refractivity contribution in [2.24, 2.45) is 0 Å². The highest BCUT2D eigenvalue weighted by Crippen LogP contribution is 1.96. The Balaban J connectivity index is 2.09. The van der Waals surface area contributed by atoms with E-state index in [1.54, 1.807) is 0 Å². The van der Waals surface area contributed by atoms with E-state index in [1.165, 1.54) is 10.9 Å². The Morgan fingerprint density at radius 1 is 1.40 bits per heavy atom. The molecule has 10 heteroatoms. The molecule has 0 aliphatic carbocycles. The Labute approximate surface area is 111 Å². The van der Waals surface area contributed by atoms with Crippen LogP contribution in [0.1, 0.15) is 5.69 Å². The molecule has 0 bridgehead atoms. The number of H-pyrrole nitrogens is 1. The van der Waals surface area contributed by atoms with Crippen LogP contribution < -0.4 is 11.2 Å². The first-order chi connectivity index (χ1) is 9.60. The van der Waals surface area contributed by atoms with Gasteiger partial charge in [0.2, 0.25) is 5.82 Å². The van der Waals surface area contributed by atoms with Crippen LogP contribution in [0, 0.1) is 5.82 Å². The molecule has 0 aliphatic rings. The summed E-state index contributed by atoms with van der Waals surface area (Å²) in [4.78, 5) is 24.2. The Hall–Kier alpha value is -2.33. The zero-order valence-electron chi connectivity index (χ0n) is 10.3. The third-order valence-electron chi connectivity index (χ3n) is 2.35. The lowest BCUT2D eigenvalue weighted by Crippen LogP contribution is -2.31. The van der Waals surface area contributed by atoms with Crippen molar-refractivity contribution in [3.05, 3.63) is 44.7 Å². The summed E-state index contributed by atoms with van der Waals surface area (Å²) in [6.45, 7) is 0.127. The lowest BCUT2D eigenvalue weighted by atomic mass is 10.4. The molecule has 2 heterocycles. The van der Waals surface area contributed by atoms with Gasteiger partial charge in [-0.25, -0.2) is 9.48 Å². The first-order valence-corrected chi connectivity index (χ1v) is 5.67. The van der Waals surface area contributed by atoms with Crippen molar-refractivity contribution in [2.45, 2.75) is 13.3 Å². The number of aromatic nitrogens is 5. The van der Waals surface area contributed by atoms with E-state index in [4.69, 9.17) is 9.84 Å². The maximum Gasteiger partial charge on any atom is 0.328 e. The zero-order chi connectivity index (χ0) is 14.5. The zero-order valence-corrected chi connectivity index (χ0v) is 10.3. The number of ether oxygens (including phenoxy) is 1. The van der Waals surface area contributed by atoms with E-state index in [0.717, 1.165) is 10.8 Å². The molecule has 2 rings (SSSR count). The largest absolute Gasteiger partial charge is 0.394 e. The Morgan fingerprint density at radius 3 is 2.95 bits per heavy atom. The highest BCUT2D eigenvalue weighted by molar-refractivity contribution is 4.96. The predicted molar refractivity (Wildman–Crippen MR) is 63.4 cm³/mol. The fraction of sp³-hybridized carbons (Fsp3) is 0.400. The maximum atomic E-state index is 13.1. The number of hydrogen-bond acceptors (Lipinski definition) is 6. The molecular weight excluding hydrogens is 273 g/mol. The number of hydrogen-bond donors (Lipinski definition) is 2. The van der Waals surface area contributed by atoms with Gasteiger partial charge in [-0.1, -0.05) is 5.21 Å². The molecule has 0 unspecified atom stereocenters. The average molecular weight is 285 g/mol. The maximum absolute atomic E-state index is 13.1. The first-order valence-electron chi connectivity index (χ1n) is 5.67. The van der Waals surface area contributed by atoms with Gasteiger partial charge in [-0.05, 0) is 0 Å². The SMILES string of the molecule is O=c1[nH]c(=O)n(Cc2cn(COCCO)nn2)cc1F. The van der Waals surface area contributed by atoms with Crippen molar-refractivity contribution >= 4 is 0 Å². The topological polar surface area (TPSA) is 115 Å². The number of nitrogens with zero attached hydrogens (tertiary/aromatic N) is 4. The molecular formula is C10H12FN5O4. The van der Waals surface area contributed by atoms with Gasteiger partial charge in [-0.2, -0.15) is 4.39 Å². The van der Waals surface area contributed by atoms with E-state index in [9.17, 15) is 14.0 Å². The second-order valence-electron chi connectivity index (χ2n) is 3.87. The molecule has 20 heavy (non-hydrogen) atoms. The highest BCUT2D eigenvalue weighted by Gasteiger charge is 2.07. The van der Waals surface area contributed by atoms with E-state index in [0.29, 0.717) is 5.69 Å². The summed E-state index contributed by atoms with van der Waals surface area (Å²) >= 11 is 0. The first kappa shape index (κ1) is 14.1. The number of aliphatic hydroxyl groups is 1. The molecule has 2 aromatic rings. The van der Waals surface area contributed by atoms with Gasteiger partial charge in [0.1, 0.15) is 12.4 Å². The molecule has 0 atom stereocenters. The van der Waals surface area contributed by atoms with Crippen molar-refractivity contribution in [3.8, 4) is 0 Å². The molecule has 0 saturated carbocycles. The second-order valence-corrected chi connectivity index (χ2v) is 3.87. The van der Waals surface area contributed by atoms with Crippen molar-refractivity contribution in [3.63, 3.8) is 0 Å². The van der Waals surface area contributed by atoms with E-state index < -0.39 is 17.1 Å². The van der Waals surface area contributed by atoms with Crippen LogP contribution in [-0.4, -0.2) is 42.9 Å². The van der Waals surface area contributed by atoms with Crippen molar-refractivity contribution in [1.29, 1.82) is 0 Å². The third kappa shape index (κ3) is 3.36. The minimum atomic E-state index is -1.06. The lowest BCUT2D eigenvalue weighted by Gasteiger charge is -2.01. The van der Waals surface area contributed by atoms with E-state index in [1.807, 2.05) is 4.98 Å². The average Bonchev–Trinajstić information content (AvgIpc) is 2.84. The van der Waals surface area contributed by atoms with Gasteiger partial charge < -0.3 is 9.84 Å². The van der Waals surface area contributed by atoms with Crippen molar-refractivity contribution in [2.75, 3.05) is 13.2 Å². The quantitative estimate of drug-likeness (QED) is 0.610. The molecule has 2 aromatic heterocycles. The van der Waals surface area contributed by atoms with Crippen LogP contribution in [0.15, 0.2) is 22.0 Å². The smallest absolute Gasteiger partial charge is 0.328 e. The summed E-state index contributed by atoms with van der Waals surface area (Å²) in [6.07, 6.45) is 2.31. The van der Waals surface area contributed by atoms with E-state index >= 15 is 0 Å². The number of rotatable bonds is 6. The highest BCUT2D eigenvalue weighted by atomic mass is 19.1. The standard InChI is InChI=1S/C10H12FN5O4/c11-8-5-15(10(19)12-9(8)18)3-7-4-16(14-13-7)6-20-2-1-17/h4-5,17H,1-3,6H2,(H,12,18,19). The van der Waals surface area contributed by atoms with Crippen LogP contribution in [0.3, 0.4) is 0 Å². The van der Waals surface area contributed by atoms with Crippen molar-refractivity contribution in [1.82, 2.24) is 24.5 Å². The summed E-state index contributed by atoms with van der Waals surface area (Å²) in [5.74, 6) is -1.05. The summed E-state index contributed by atoms with van der Waals surface area (Å²) in [6, 6.07) is 0. The minimum absolute atomic E-state index is 0.0352. The Kier molecular flexibility index (Phi) is 4.38. The summed E-state index contributed by atoms with van der Waals surface area (Å²) in [5, 5.41) is 16.1. The van der Waals surface area contributed by atoms with Gasteiger partial charge in [-0.3, -0.25) is 14.3 Å². The molecule has 2 N–H and O–H groups in total. The van der Waals surface area contributed by atoms with E-state index in [2.05, 4.69) is 10.3 Å². The molecule has 0 amide bonds. The van der Waals surface area contributed by atoms with Crippen LogP contribution in [0.4, 0.5) is 4.39 Å². The fourth-order valence-corrected chi connectivity index (χ4v) is 1.47. The Bertz CT molecular complexity index is 691. The van der Waals surface area contributed by atoms with Gasteiger partial charge in [0, 0.05) is 0 Å². The normalized spacial score (nSPS) is 10.9. The molecule has 9 nitrogen and oxygen atoms in total. The van der Waals surface area contributed by atoms with Crippen LogP contribution in [-0.2, 0) is 18.0 Å². The van der Waals surface area contributed by atoms with Crippen LogP contribution >= 0.6 is 0 Å². The molecule has 108 valence electrons. The molecule has 0 fully saturated rings. The number of aromatic amines is 1. The fourth-order valence-electron chi connectivity index (χ4n) is 1.47. The van der Waals surface area contributed by atoms with Gasteiger partial charge >= 0.3 is 5.69 Å². The number of nitrogens with one attached hydrogen (secondary N) is 1. The number of aliphatic hydroxyl groups excluding tert-OH is 1. The molecule has 0 aromatic carbocycles. The summed E-state index contributed by atoms with van der Waals surface area (Å²) in [7, 11) is 0. The lowest BCUT2D eigenvalue weighted by molar-refractivity contribution is 0.0409. The van der Waals surface area contributed by atoms with Gasteiger partial charge in [0.25, 0.3) is 5.56 Å². The molecule has 0 spiro atoms. The number of halogens is 1. The minimum Gasteiger partial charge on any atom is -0.394 e. The summed E-state index contributed by atoms with van der Waals surface area (Å²) < 4.78 is 20.4. The van der Waals surface area contributed by atoms with Gasteiger partial charge in [0.05, 0.1) is 32.2 Å². The monoisotopic (exact) mass is 285 g/mol. The van der Waals surface area contributed by atoms with Crippen LogP contribution in [0.5, 0.6) is 0 Å².